The van der Waals surface area contributed by atoms with Crippen LogP contribution in [0, 0.1) is 0 Å². The summed E-state index contributed by atoms with van der Waals surface area (Å²) in [6.07, 6.45) is 9.23. The Morgan fingerprint density at radius 2 is 0.456 bits per heavy atom. The van der Waals surface area contributed by atoms with E-state index < -0.39 is 0 Å². The maximum Gasteiger partial charge on any atom is 0.0546 e. The van der Waals surface area contributed by atoms with Crippen molar-refractivity contribution in [2.75, 3.05) is 9.80 Å². The average molecular weight is 1320 g/mol. The van der Waals surface area contributed by atoms with Gasteiger partial charge in [0.15, 0.2) is 0 Å². The van der Waals surface area contributed by atoms with Crippen LogP contribution in [0.25, 0.3) is 123 Å². The van der Waals surface area contributed by atoms with E-state index in [0.29, 0.717) is 0 Å². The SMILES string of the molecule is CC1(C)c2cc(C=Cc3ccc4c(c3)C(C)(C)c3cc(N(c5ccc(-c6ccccc6)cc5)c5cc6ccccc6c6ccccc56)ccc3-4)ccc2-c2ccc(C=Cc3ccc4c(c3)C(C)(C)c3cc(N(c5ccc(-c6ccccc6)cc5)c5cc6ccccc6c6ccccc56)ccc3-4)cc21. The van der Waals surface area contributed by atoms with Gasteiger partial charge in [-0.3, -0.25) is 0 Å². The minimum Gasteiger partial charge on any atom is -0.310 e. The molecule has 2 nitrogen and oxygen atoms in total. The van der Waals surface area contributed by atoms with Gasteiger partial charge in [-0.15, -0.1) is 0 Å². The highest BCUT2D eigenvalue weighted by atomic mass is 15.1. The Hall–Kier alpha value is -12.4. The van der Waals surface area contributed by atoms with Gasteiger partial charge in [0, 0.05) is 49.8 Å². The molecule has 0 spiro atoms. The van der Waals surface area contributed by atoms with Gasteiger partial charge in [0.25, 0.3) is 0 Å². The monoisotopic (exact) mass is 1320 g/mol. The van der Waals surface area contributed by atoms with Gasteiger partial charge in [0.1, 0.15) is 0 Å². The maximum absolute atomic E-state index is 2.48. The van der Waals surface area contributed by atoms with Crippen molar-refractivity contribution in [2.24, 2.45) is 0 Å². The number of fused-ring (bicyclic) bond motifs is 15. The van der Waals surface area contributed by atoms with E-state index in [-0.39, 0.29) is 16.2 Å². The van der Waals surface area contributed by atoms with Crippen LogP contribution >= 0.6 is 0 Å². The molecule has 16 aromatic rings. The number of rotatable bonds is 12. The van der Waals surface area contributed by atoms with Crippen molar-refractivity contribution in [3.05, 3.63) is 383 Å². The van der Waals surface area contributed by atoms with Gasteiger partial charge in [-0.1, -0.05) is 333 Å². The zero-order chi connectivity index (χ0) is 69.3. The van der Waals surface area contributed by atoms with Gasteiger partial charge in [-0.2, -0.15) is 0 Å². The first-order valence-corrected chi connectivity index (χ1v) is 36.3. The van der Waals surface area contributed by atoms with Crippen molar-refractivity contribution >= 4 is 102 Å². The van der Waals surface area contributed by atoms with Crippen molar-refractivity contribution in [3.63, 3.8) is 0 Å². The second-order valence-electron chi connectivity index (χ2n) is 30.0. The molecule has 0 unspecified atom stereocenters. The summed E-state index contributed by atoms with van der Waals surface area (Å²) in [6, 6.07) is 122. The lowest BCUT2D eigenvalue weighted by Crippen LogP contribution is -2.17. The fourth-order valence-electron chi connectivity index (χ4n) is 17.5. The van der Waals surface area contributed by atoms with E-state index in [0.717, 1.165) is 34.1 Å². The number of hydrogen-bond donors (Lipinski definition) is 0. The predicted octanol–water partition coefficient (Wildman–Crippen LogP) is 27.8. The zero-order valence-electron chi connectivity index (χ0n) is 58.9. The molecule has 0 bridgehead atoms. The summed E-state index contributed by atoms with van der Waals surface area (Å²) in [5, 5.41) is 9.91. The Labute approximate surface area is 604 Å². The van der Waals surface area contributed by atoms with Gasteiger partial charge >= 0.3 is 0 Å². The highest BCUT2D eigenvalue weighted by molar-refractivity contribution is 6.16. The summed E-state index contributed by atoms with van der Waals surface area (Å²) in [6.45, 7) is 14.4. The summed E-state index contributed by atoms with van der Waals surface area (Å²) in [4.78, 5) is 4.95. The Balaban J connectivity index is 0.583. The Morgan fingerprint density at radius 3 is 0.786 bits per heavy atom. The molecule has 2 heteroatoms. The van der Waals surface area contributed by atoms with Gasteiger partial charge in [-0.25, -0.2) is 0 Å². The van der Waals surface area contributed by atoms with Crippen molar-refractivity contribution in [1.82, 2.24) is 0 Å². The van der Waals surface area contributed by atoms with E-state index in [1.807, 2.05) is 0 Å². The van der Waals surface area contributed by atoms with E-state index in [1.165, 1.54) is 154 Å². The van der Waals surface area contributed by atoms with E-state index in [4.69, 9.17) is 0 Å². The summed E-state index contributed by atoms with van der Waals surface area (Å²) >= 11 is 0. The number of nitrogens with zero attached hydrogens (tertiary/aromatic N) is 2. The molecule has 0 aliphatic heterocycles. The molecule has 19 rings (SSSR count). The molecule has 0 fully saturated rings. The normalized spacial score (nSPS) is 14.1. The summed E-state index contributed by atoms with van der Waals surface area (Å²) < 4.78 is 0. The van der Waals surface area contributed by atoms with Crippen LogP contribution in [0.3, 0.4) is 0 Å². The van der Waals surface area contributed by atoms with Crippen LogP contribution in [0.2, 0.25) is 0 Å². The van der Waals surface area contributed by atoms with Crippen molar-refractivity contribution in [3.8, 4) is 55.6 Å². The van der Waals surface area contributed by atoms with Crippen molar-refractivity contribution in [2.45, 2.75) is 57.8 Å². The number of benzene rings is 16. The van der Waals surface area contributed by atoms with E-state index >= 15 is 0 Å². The molecule has 0 radical (unpaired) electrons. The molecule has 0 atom stereocenters. The van der Waals surface area contributed by atoms with Crippen LogP contribution in [-0.2, 0) is 16.2 Å². The largest absolute Gasteiger partial charge is 0.310 e. The first-order chi connectivity index (χ1) is 50.3. The molecule has 0 saturated carbocycles. The fraction of sp³-hybridized carbons (Fsp3) is 0.0891. The lowest BCUT2D eigenvalue weighted by atomic mass is 9.81. The number of anilines is 6. The Kier molecular flexibility index (Phi) is 14.3. The Bertz CT molecular complexity index is 5810. The first-order valence-electron chi connectivity index (χ1n) is 36.3. The standard InChI is InChI=1S/C101H76N2/c1-99(2)91-57-65(33-35-67-39-53-85-87-55-49-77(63-95(87)100(3,4)93(85)59-67)102(75-45-41-71(42-46-75)69-21-9-7-10-22-69)97-61-73-25-13-15-27-79(73)81-29-17-19-31-89(81)97)37-51-83(91)84-52-38-66(58-92(84)99)34-36-68-40-54-86-88-56-50-78(64-96(88)101(5,6)94(86)60-68)103(76-47-43-72(44-48-76)70-23-11-8-12-24-70)98-62-74-26-14-16-28-80(74)82-30-18-20-32-90(82)98/h7-64H,1-6H3. The third kappa shape index (κ3) is 10.2. The van der Waals surface area contributed by atoms with Crippen LogP contribution < -0.4 is 9.80 Å². The Morgan fingerprint density at radius 1 is 0.204 bits per heavy atom. The van der Waals surface area contributed by atoms with Gasteiger partial charge in [-0.05, 0) is 204 Å². The summed E-state index contributed by atoms with van der Waals surface area (Å²) in [5.74, 6) is 0. The molecule has 490 valence electrons. The maximum atomic E-state index is 2.48. The quantitative estimate of drug-likeness (QED) is 0.0889. The molecule has 103 heavy (non-hydrogen) atoms. The summed E-state index contributed by atoms with van der Waals surface area (Å²) in [7, 11) is 0. The van der Waals surface area contributed by atoms with Crippen molar-refractivity contribution in [1.29, 1.82) is 0 Å². The smallest absolute Gasteiger partial charge is 0.0546 e. The highest BCUT2D eigenvalue weighted by Gasteiger charge is 2.39. The molecule has 0 N–H and O–H groups in total. The molecule has 0 heterocycles. The molecule has 0 amide bonds. The van der Waals surface area contributed by atoms with Crippen LogP contribution in [0.4, 0.5) is 34.1 Å². The van der Waals surface area contributed by atoms with Gasteiger partial charge < -0.3 is 9.80 Å². The van der Waals surface area contributed by atoms with E-state index in [1.54, 1.807) is 0 Å². The molecule has 16 aromatic carbocycles. The molecule has 3 aliphatic carbocycles. The minimum absolute atomic E-state index is 0.187. The second-order valence-corrected chi connectivity index (χ2v) is 30.0. The first kappa shape index (κ1) is 61.7. The highest BCUT2D eigenvalue weighted by Crippen LogP contribution is 2.55. The molecule has 0 saturated heterocycles. The van der Waals surface area contributed by atoms with Crippen molar-refractivity contribution < 1.29 is 0 Å². The second kappa shape index (κ2) is 23.9. The van der Waals surface area contributed by atoms with Gasteiger partial charge in [0.05, 0.1) is 11.4 Å². The zero-order valence-corrected chi connectivity index (χ0v) is 58.9. The van der Waals surface area contributed by atoms with E-state index in [9.17, 15) is 0 Å². The van der Waals surface area contributed by atoms with Gasteiger partial charge in [0.2, 0.25) is 0 Å². The third-order valence-corrected chi connectivity index (χ3v) is 23.0. The van der Waals surface area contributed by atoms with Crippen LogP contribution in [-0.4, -0.2) is 0 Å². The lowest BCUT2D eigenvalue weighted by Gasteiger charge is -2.29. The molecule has 0 aromatic heterocycles. The molecule has 3 aliphatic rings. The molecular weight excluding hydrogens is 1240 g/mol. The van der Waals surface area contributed by atoms with Crippen LogP contribution in [0.1, 0.15) is 97.2 Å². The van der Waals surface area contributed by atoms with Crippen LogP contribution in [0.5, 0.6) is 0 Å². The number of hydrogen-bond acceptors (Lipinski definition) is 2. The molecular formula is C101H76N2. The lowest BCUT2D eigenvalue weighted by molar-refractivity contribution is 0.660. The third-order valence-electron chi connectivity index (χ3n) is 23.0. The topological polar surface area (TPSA) is 6.48 Å². The summed E-state index contributed by atoms with van der Waals surface area (Å²) in [5.41, 5.74) is 31.7. The van der Waals surface area contributed by atoms with Crippen LogP contribution in [0.15, 0.2) is 328 Å². The fourth-order valence-corrected chi connectivity index (χ4v) is 17.5. The van der Waals surface area contributed by atoms with E-state index in [2.05, 4.69) is 403 Å². The minimum atomic E-state index is -0.245. The predicted molar refractivity (Wildman–Crippen MR) is 440 cm³/mol. The average Bonchev–Trinajstić information content (AvgIpc) is 1.72.